The summed E-state index contributed by atoms with van der Waals surface area (Å²) < 4.78 is 0. The number of benzene rings is 1. The van der Waals surface area contributed by atoms with Gasteiger partial charge in [-0.2, -0.15) is 0 Å². The van der Waals surface area contributed by atoms with Gasteiger partial charge in [0.1, 0.15) is 5.75 Å². The maximum Gasteiger partial charge on any atom is 0.115 e. The molecular weight excluding hydrogens is 196 g/mol. The van der Waals surface area contributed by atoms with E-state index in [0.29, 0.717) is 5.75 Å². The number of hydrogen-bond acceptors (Lipinski definition) is 1. The lowest BCUT2D eigenvalue weighted by molar-refractivity contribution is 0.475. The second-order valence-electron chi connectivity index (χ2n) is 3.72. The molecule has 0 fully saturated rings. The summed E-state index contributed by atoms with van der Waals surface area (Å²) in [5.74, 6) is 0.323. The first-order valence-corrected chi connectivity index (χ1v) is 5.29. The van der Waals surface area contributed by atoms with E-state index in [4.69, 9.17) is 16.7 Å². The third-order valence-corrected chi connectivity index (χ3v) is 2.87. The summed E-state index contributed by atoms with van der Waals surface area (Å²) in [6.45, 7) is 0. The Labute approximate surface area is 89.0 Å². The van der Waals surface area contributed by atoms with Crippen molar-refractivity contribution in [3.63, 3.8) is 0 Å². The van der Waals surface area contributed by atoms with E-state index in [2.05, 4.69) is 6.08 Å². The molecule has 0 saturated heterocycles. The molecule has 0 aromatic heterocycles. The number of alkyl halides is 1. The monoisotopic (exact) mass is 208 g/mol. The van der Waals surface area contributed by atoms with E-state index < -0.39 is 0 Å². The van der Waals surface area contributed by atoms with Gasteiger partial charge in [0.05, 0.1) is 5.38 Å². The van der Waals surface area contributed by atoms with Crippen LogP contribution in [-0.2, 0) is 6.42 Å². The number of phenolic OH excluding ortho intramolecular Hbond substituents is 1. The van der Waals surface area contributed by atoms with E-state index in [1.54, 1.807) is 12.1 Å². The van der Waals surface area contributed by atoms with Crippen LogP contribution in [0.1, 0.15) is 18.4 Å². The first kappa shape index (κ1) is 9.60. The fraction of sp³-hybridized carbons (Fsp3) is 0.333. The molecule has 0 amide bonds. The summed E-state index contributed by atoms with van der Waals surface area (Å²) in [7, 11) is 0. The Morgan fingerprint density at radius 1 is 1.29 bits per heavy atom. The molecule has 2 heteroatoms. The summed E-state index contributed by atoms with van der Waals surface area (Å²) >= 11 is 5.98. The predicted molar refractivity (Wildman–Crippen MR) is 58.8 cm³/mol. The number of aromatic hydroxyl groups is 1. The quantitative estimate of drug-likeness (QED) is 0.584. The van der Waals surface area contributed by atoms with E-state index in [1.165, 1.54) is 11.1 Å². The van der Waals surface area contributed by atoms with Crippen LogP contribution in [0.15, 0.2) is 35.9 Å². The molecule has 1 nitrogen and oxygen atoms in total. The molecule has 0 radical (unpaired) electrons. The van der Waals surface area contributed by atoms with Crippen molar-refractivity contribution in [1.29, 1.82) is 0 Å². The third kappa shape index (κ3) is 2.30. The van der Waals surface area contributed by atoms with Gasteiger partial charge in [-0.05, 0) is 37.0 Å². The van der Waals surface area contributed by atoms with Gasteiger partial charge < -0.3 is 5.11 Å². The zero-order chi connectivity index (χ0) is 9.97. The molecule has 14 heavy (non-hydrogen) atoms. The van der Waals surface area contributed by atoms with Crippen molar-refractivity contribution in [2.24, 2.45) is 0 Å². The number of hydrogen-bond donors (Lipinski definition) is 1. The molecule has 1 unspecified atom stereocenters. The number of halogens is 1. The number of phenols is 1. The summed E-state index contributed by atoms with van der Waals surface area (Å²) in [5, 5.41) is 9.35. The lowest BCUT2D eigenvalue weighted by atomic mass is 10.1. The molecular formula is C12H13ClO. The maximum absolute atomic E-state index is 9.12. The van der Waals surface area contributed by atoms with Gasteiger partial charge in [-0.25, -0.2) is 0 Å². The van der Waals surface area contributed by atoms with Crippen molar-refractivity contribution in [1.82, 2.24) is 0 Å². The molecule has 0 saturated carbocycles. The maximum atomic E-state index is 9.12. The molecule has 0 heterocycles. The number of allylic oxidation sites excluding steroid dienone is 2. The first-order valence-electron chi connectivity index (χ1n) is 4.85. The zero-order valence-corrected chi connectivity index (χ0v) is 8.67. The van der Waals surface area contributed by atoms with Crippen LogP contribution in [0.25, 0.3) is 0 Å². The summed E-state index contributed by atoms with van der Waals surface area (Å²) in [5.41, 5.74) is 2.65. The fourth-order valence-electron chi connectivity index (χ4n) is 1.77. The van der Waals surface area contributed by atoms with Crippen LogP contribution in [-0.4, -0.2) is 10.5 Å². The van der Waals surface area contributed by atoms with E-state index in [-0.39, 0.29) is 5.38 Å². The molecule has 1 aromatic carbocycles. The summed E-state index contributed by atoms with van der Waals surface area (Å²) in [4.78, 5) is 0. The lowest BCUT2D eigenvalue weighted by Gasteiger charge is -2.01. The highest BCUT2D eigenvalue weighted by molar-refractivity contribution is 6.22. The molecule has 74 valence electrons. The van der Waals surface area contributed by atoms with Crippen LogP contribution in [0, 0.1) is 0 Å². The molecule has 1 N–H and O–H groups in total. The average Bonchev–Trinajstić information content (AvgIpc) is 2.56. The second-order valence-corrected chi connectivity index (χ2v) is 4.28. The molecule has 1 aliphatic carbocycles. The predicted octanol–water partition coefficient (Wildman–Crippen LogP) is 3.26. The normalized spacial score (nSPS) is 20.9. The second kappa shape index (κ2) is 4.05. The van der Waals surface area contributed by atoms with Gasteiger partial charge in [-0.1, -0.05) is 23.8 Å². The number of rotatable bonds is 2. The van der Waals surface area contributed by atoms with Crippen LogP contribution in [0.5, 0.6) is 5.75 Å². The van der Waals surface area contributed by atoms with E-state index in [0.717, 1.165) is 19.3 Å². The van der Waals surface area contributed by atoms with Gasteiger partial charge >= 0.3 is 0 Å². The Bertz CT molecular complexity index is 340. The molecule has 2 rings (SSSR count). The largest absolute Gasteiger partial charge is 0.508 e. The Morgan fingerprint density at radius 3 is 2.57 bits per heavy atom. The SMILES string of the molecule is Oc1ccc(CC2=CC(Cl)CC2)cc1. The summed E-state index contributed by atoms with van der Waals surface area (Å²) in [6.07, 6.45) is 5.28. The Kier molecular flexibility index (Phi) is 2.78. The van der Waals surface area contributed by atoms with E-state index >= 15 is 0 Å². The minimum absolute atomic E-state index is 0.224. The van der Waals surface area contributed by atoms with Crippen LogP contribution < -0.4 is 0 Å². The Hall–Kier alpha value is -0.950. The lowest BCUT2D eigenvalue weighted by Crippen LogP contribution is -1.86. The standard InChI is InChI=1S/C12H13ClO/c13-11-4-1-10(8-11)7-9-2-5-12(14)6-3-9/h2-3,5-6,8,11,14H,1,4,7H2. The van der Waals surface area contributed by atoms with Gasteiger partial charge in [-0.3, -0.25) is 0 Å². The van der Waals surface area contributed by atoms with Crippen LogP contribution in [0.3, 0.4) is 0 Å². The third-order valence-electron chi connectivity index (χ3n) is 2.53. The average molecular weight is 209 g/mol. The Morgan fingerprint density at radius 2 is 2.00 bits per heavy atom. The Balaban J connectivity index is 2.04. The smallest absolute Gasteiger partial charge is 0.115 e. The van der Waals surface area contributed by atoms with Crippen molar-refractivity contribution in [3.05, 3.63) is 41.5 Å². The molecule has 1 aliphatic rings. The van der Waals surface area contributed by atoms with Gasteiger partial charge in [0.25, 0.3) is 0 Å². The van der Waals surface area contributed by atoms with E-state index in [1.807, 2.05) is 12.1 Å². The van der Waals surface area contributed by atoms with Crippen LogP contribution in [0.2, 0.25) is 0 Å². The van der Waals surface area contributed by atoms with Gasteiger partial charge in [-0.15, -0.1) is 11.6 Å². The van der Waals surface area contributed by atoms with Gasteiger partial charge in [0, 0.05) is 0 Å². The molecule has 0 spiro atoms. The highest BCUT2D eigenvalue weighted by Crippen LogP contribution is 2.25. The van der Waals surface area contributed by atoms with Crippen molar-refractivity contribution < 1.29 is 5.11 Å². The van der Waals surface area contributed by atoms with Crippen LogP contribution in [0.4, 0.5) is 0 Å². The van der Waals surface area contributed by atoms with Gasteiger partial charge in [0.15, 0.2) is 0 Å². The molecule has 1 aromatic rings. The van der Waals surface area contributed by atoms with Crippen molar-refractivity contribution >= 4 is 11.6 Å². The minimum atomic E-state index is 0.224. The fourth-order valence-corrected chi connectivity index (χ4v) is 2.06. The topological polar surface area (TPSA) is 20.2 Å². The van der Waals surface area contributed by atoms with Crippen molar-refractivity contribution in [3.8, 4) is 5.75 Å². The molecule has 1 atom stereocenters. The minimum Gasteiger partial charge on any atom is -0.508 e. The molecule has 0 aliphatic heterocycles. The first-order chi connectivity index (χ1) is 6.74. The van der Waals surface area contributed by atoms with Crippen molar-refractivity contribution in [2.75, 3.05) is 0 Å². The highest BCUT2D eigenvalue weighted by atomic mass is 35.5. The van der Waals surface area contributed by atoms with Crippen molar-refractivity contribution in [2.45, 2.75) is 24.6 Å². The summed E-state index contributed by atoms with van der Waals surface area (Å²) in [6, 6.07) is 7.36. The highest BCUT2D eigenvalue weighted by Gasteiger charge is 2.12. The van der Waals surface area contributed by atoms with Crippen LogP contribution >= 0.6 is 11.6 Å². The zero-order valence-electron chi connectivity index (χ0n) is 7.91. The molecule has 0 bridgehead atoms. The van der Waals surface area contributed by atoms with Gasteiger partial charge in [0.2, 0.25) is 0 Å². The van der Waals surface area contributed by atoms with E-state index in [9.17, 15) is 0 Å².